The van der Waals surface area contributed by atoms with Crippen LogP contribution in [-0.2, 0) is 24.8 Å². The Morgan fingerprint density at radius 1 is 0.591 bits per heavy atom. The Bertz CT molecular complexity index is 1870. The number of Topliss-reactive ketones (excluding diaryl/α,β-unsaturated/α-hetero) is 1. The molecule has 3 unspecified atom stereocenters. The minimum absolute atomic E-state index is 0.0378. The fraction of sp³-hybridized carbons (Fsp3) is 0.286. The highest BCUT2D eigenvalue weighted by atomic mass is 32.2. The van der Waals surface area contributed by atoms with Crippen LogP contribution in [0.15, 0.2) is 113 Å². The highest BCUT2D eigenvalue weighted by Crippen LogP contribution is 2.48. The van der Waals surface area contributed by atoms with E-state index in [1.165, 1.54) is 8.61 Å². The van der Waals surface area contributed by atoms with Gasteiger partial charge in [-0.3, -0.25) is 4.79 Å². The van der Waals surface area contributed by atoms with Crippen LogP contribution in [0.2, 0.25) is 0 Å². The van der Waals surface area contributed by atoms with E-state index in [1.54, 1.807) is 48.5 Å². The number of nitrogens with zero attached hydrogens (tertiary/aromatic N) is 2. The number of ketones is 1. The van der Waals surface area contributed by atoms with Gasteiger partial charge >= 0.3 is 0 Å². The molecule has 0 aromatic heterocycles. The van der Waals surface area contributed by atoms with Gasteiger partial charge in [0.2, 0.25) is 20.0 Å². The molecule has 7 nitrogen and oxygen atoms in total. The second-order valence-electron chi connectivity index (χ2n) is 12.0. The number of rotatable bonds is 6. The van der Waals surface area contributed by atoms with E-state index in [0.717, 1.165) is 27.8 Å². The Hall–Kier alpha value is -3.63. The standard InChI is InChI=1S/C35H36N2O5S2/c1-24-9-15-28(16-10-24)32-21-34-31(23-36(32)43(39,40)29-17-11-25(2)12-18-29)35(38)22-33(27-7-5-4-6-8-27)37(34)44(41,42)30-19-13-26(3)14-20-30/h4-20,31-34H,21-23H2,1-3H3/t31?,32?,33?,34-/m0/s1. The second-order valence-corrected chi connectivity index (χ2v) is 15.7. The third-order valence-corrected chi connectivity index (χ3v) is 12.8. The van der Waals surface area contributed by atoms with Crippen molar-refractivity contribution in [2.45, 2.75) is 61.5 Å². The van der Waals surface area contributed by atoms with Gasteiger partial charge in [-0.25, -0.2) is 16.8 Å². The second kappa shape index (κ2) is 11.7. The zero-order valence-electron chi connectivity index (χ0n) is 25.0. The first-order valence-electron chi connectivity index (χ1n) is 14.8. The summed E-state index contributed by atoms with van der Waals surface area (Å²) >= 11 is 0. The van der Waals surface area contributed by atoms with Crippen LogP contribution in [0.5, 0.6) is 0 Å². The van der Waals surface area contributed by atoms with Crippen LogP contribution in [0.4, 0.5) is 0 Å². The van der Waals surface area contributed by atoms with Gasteiger partial charge in [-0.2, -0.15) is 8.61 Å². The van der Waals surface area contributed by atoms with Crippen LogP contribution in [0.1, 0.15) is 52.7 Å². The van der Waals surface area contributed by atoms with E-state index in [9.17, 15) is 21.6 Å². The summed E-state index contributed by atoms with van der Waals surface area (Å²) < 4.78 is 60.5. The number of aryl methyl sites for hydroxylation is 3. The van der Waals surface area contributed by atoms with Crippen LogP contribution in [-0.4, -0.2) is 43.8 Å². The minimum Gasteiger partial charge on any atom is -0.299 e. The topological polar surface area (TPSA) is 91.8 Å². The molecule has 4 aromatic carbocycles. The molecule has 2 saturated heterocycles. The number of fused-ring (bicyclic) bond motifs is 1. The maximum atomic E-state index is 14.5. The molecule has 9 heteroatoms. The molecule has 2 aliphatic heterocycles. The van der Waals surface area contributed by atoms with Crippen molar-refractivity contribution in [3.8, 4) is 0 Å². The molecule has 0 spiro atoms. The summed E-state index contributed by atoms with van der Waals surface area (Å²) in [5.41, 5.74) is 4.38. The van der Waals surface area contributed by atoms with Crippen molar-refractivity contribution in [2.24, 2.45) is 5.92 Å². The smallest absolute Gasteiger partial charge is 0.243 e. The van der Waals surface area contributed by atoms with Gasteiger partial charge in [0.25, 0.3) is 0 Å². The Morgan fingerprint density at radius 2 is 1.07 bits per heavy atom. The SMILES string of the molecule is Cc1ccc(C2C[C@H]3C(CN2S(=O)(=O)c2ccc(C)cc2)C(=O)CC(c2ccccc2)N3S(=O)(=O)c2ccc(C)cc2)cc1. The van der Waals surface area contributed by atoms with E-state index >= 15 is 0 Å². The van der Waals surface area contributed by atoms with E-state index in [0.29, 0.717) is 0 Å². The van der Waals surface area contributed by atoms with Gasteiger partial charge < -0.3 is 0 Å². The van der Waals surface area contributed by atoms with Crippen molar-refractivity contribution >= 4 is 25.8 Å². The van der Waals surface area contributed by atoms with Crippen molar-refractivity contribution in [1.82, 2.24) is 8.61 Å². The van der Waals surface area contributed by atoms with Crippen molar-refractivity contribution in [1.29, 1.82) is 0 Å². The van der Waals surface area contributed by atoms with Crippen LogP contribution in [0.25, 0.3) is 0 Å². The third-order valence-electron chi connectivity index (χ3n) is 8.97. The maximum Gasteiger partial charge on any atom is 0.243 e. The molecule has 228 valence electrons. The fourth-order valence-electron chi connectivity index (χ4n) is 6.53. The predicted octanol–water partition coefficient (Wildman–Crippen LogP) is 6.14. The lowest BCUT2D eigenvalue weighted by molar-refractivity contribution is -0.132. The molecule has 6 rings (SSSR count). The normalized spacial score (nSPS) is 23.3. The first kappa shape index (κ1) is 30.4. The number of carbonyl (C=O) groups excluding carboxylic acids is 1. The lowest BCUT2D eigenvalue weighted by Crippen LogP contribution is -2.60. The highest BCUT2D eigenvalue weighted by Gasteiger charge is 2.54. The van der Waals surface area contributed by atoms with Gasteiger partial charge in [0, 0.05) is 24.9 Å². The Kier molecular flexibility index (Phi) is 8.09. The fourth-order valence-corrected chi connectivity index (χ4v) is 10.0. The number of hydrogen-bond acceptors (Lipinski definition) is 5. The van der Waals surface area contributed by atoms with E-state index < -0.39 is 44.1 Å². The average Bonchev–Trinajstić information content (AvgIpc) is 3.01. The summed E-state index contributed by atoms with van der Waals surface area (Å²) in [4.78, 5) is 14.3. The van der Waals surface area contributed by atoms with Gasteiger partial charge in [-0.1, -0.05) is 95.6 Å². The Morgan fingerprint density at radius 3 is 1.61 bits per heavy atom. The number of piperidine rings is 2. The highest BCUT2D eigenvalue weighted by molar-refractivity contribution is 7.89. The average molecular weight is 629 g/mol. The van der Waals surface area contributed by atoms with E-state index in [4.69, 9.17) is 0 Å². The van der Waals surface area contributed by atoms with E-state index in [-0.39, 0.29) is 35.0 Å². The lowest BCUT2D eigenvalue weighted by Gasteiger charge is -2.51. The monoisotopic (exact) mass is 628 g/mol. The molecule has 0 amide bonds. The molecular weight excluding hydrogens is 593 g/mol. The first-order valence-corrected chi connectivity index (χ1v) is 17.7. The van der Waals surface area contributed by atoms with Crippen molar-refractivity contribution < 1.29 is 21.6 Å². The number of hydrogen-bond donors (Lipinski definition) is 0. The molecule has 2 aliphatic rings. The zero-order chi connectivity index (χ0) is 31.2. The minimum atomic E-state index is -4.08. The number of benzene rings is 4. The molecule has 44 heavy (non-hydrogen) atoms. The Balaban J connectivity index is 1.50. The summed E-state index contributed by atoms with van der Waals surface area (Å²) in [6.07, 6.45) is 0.100. The summed E-state index contributed by atoms with van der Waals surface area (Å²) in [6, 6.07) is 28.2. The van der Waals surface area contributed by atoms with Crippen molar-refractivity contribution in [3.63, 3.8) is 0 Å². The molecule has 2 heterocycles. The Labute approximate surface area is 260 Å². The predicted molar refractivity (Wildman–Crippen MR) is 170 cm³/mol. The molecule has 4 atom stereocenters. The van der Waals surface area contributed by atoms with Gasteiger partial charge in [-0.05, 0) is 62.6 Å². The van der Waals surface area contributed by atoms with E-state index in [1.807, 2.05) is 75.4 Å². The summed E-state index contributed by atoms with van der Waals surface area (Å²) in [7, 11) is -8.10. The molecule has 0 saturated carbocycles. The van der Waals surface area contributed by atoms with E-state index in [2.05, 4.69) is 0 Å². The van der Waals surface area contributed by atoms with Gasteiger partial charge in [0.1, 0.15) is 5.78 Å². The van der Waals surface area contributed by atoms with Crippen LogP contribution >= 0.6 is 0 Å². The summed E-state index contributed by atoms with van der Waals surface area (Å²) in [6.45, 7) is 5.64. The molecule has 2 fully saturated rings. The zero-order valence-corrected chi connectivity index (χ0v) is 26.6. The summed E-state index contributed by atoms with van der Waals surface area (Å²) in [5.74, 6) is -0.956. The van der Waals surface area contributed by atoms with Crippen LogP contribution < -0.4 is 0 Å². The van der Waals surface area contributed by atoms with Crippen molar-refractivity contribution in [3.05, 3.63) is 131 Å². The van der Waals surface area contributed by atoms with Crippen LogP contribution in [0, 0.1) is 26.7 Å². The molecule has 0 bridgehead atoms. The number of carbonyl (C=O) groups is 1. The maximum absolute atomic E-state index is 14.5. The van der Waals surface area contributed by atoms with Gasteiger partial charge in [0.05, 0.1) is 21.9 Å². The van der Waals surface area contributed by atoms with Crippen molar-refractivity contribution in [2.75, 3.05) is 6.54 Å². The largest absolute Gasteiger partial charge is 0.299 e. The van der Waals surface area contributed by atoms with Gasteiger partial charge in [0.15, 0.2) is 0 Å². The lowest BCUT2D eigenvalue weighted by atomic mass is 9.77. The molecule has 0 N–H and O–H groups in total. The molecule has 0 radical (unpaired) electrons. The number of sulfonamides is 2. The first-order chi connectivity index (χ1) is 21.0. The van der Waals surface area contributed by atoms with Gasteiger partial charge in [-0.15, -0.1) is 0 Å². The molecule has 0 aliphatic carbocycles. The summed E-state index contributed by atoms with van der Waals surface area (Å²) in [5, 5.41) is 0. The van der Waals surface area contributed by atoms with Crippen LogP contribution in [0.3, 0.4) is 0 Å². The molecular formula is C35H36N2O5S2. The molecule has 4 aromatic rings. The quantitative estimate of drug-likeness (QED) is 0.256. The third kappa shape index (κ3) is 5.54.